The maximum atomic E-state index is 11.6. The second-order valence-corrected chi connectivity index (χ2v) is 8.01. The van der Waals surface area contributed by atoms with Crippen LogP contribution in [0.3, 0.4) is 0 Å². The van der Waals surface area contributed by atoms with Crippen molar-refractivity contribution in [2.45, 2.75) is 82.5 Å². The molecule has 3 aliphatic rings. The maximum Gasteiger partial charge on any atom is 0.217 e. The Bertz CT molecular complexity index is 636. The van der Waals surface area contributed by atoms with Gasteiger partial charge in [0, 0.05) is 13.0 Å². The summed E-state index contributed by atoms with van der Waals surface area (Å²) in [7, 11) is 0. The van der Waals surface area contributed by atoms with Gasteiger partial charge in [0.2, 0.25) is 5.91 Å². The van der Waals surface area contributed by atoms with Crippen LogP contribution >= 0.6 is 0 Å². The van der Waals surface area contributed by atoms with Crippen LogP contribution in [0.4, 0.5) is 0 Å². The number of hydrogen-bond acceptors (Lipinski definition) is 3. The van der Waals surface area contributed by atoms with Crippen LogP contribution in [-0.4, -0.2) is 24.2 Å². The van der Waals surface area contributed by atoms with Gasteiger partial charge in [-0.2, -0.15) is 0 Å². The molecule has 1 aliphatic carbocycles. The van der Waals surface area contributed by atoms with Gasteiger partial charge in [-0.15, -0.1) is 0 Å². The molecule has 0 radical (unpaired) electrons. The van der Waals surface area contributed by atoms with Crippen LogP contribution in [0.15, 0.2) is 18.2 Å². The predicted molar refractivity (Wildman–Crippen MR) is 96.7 cm³/mol. The highest BCUT2D eigenvalue weighted by Crippen LogP contribution is 2.45. The number of benzene rings is 1. The first-order chi connectivity index (χ1) is 12.1. The number of hydrogen-bond donors (Lipinski definition) is 1. The number of nitrogens with one attached hydrogen (secondary N) is 1. The Labute approximate surface area is 150 Å². The van der Waals surface area contributed by atoms with E-state index < -0.39 is 0 Å². The Hall–Kier alpha value is -1.55. The van der Waals surface area contributed by atoms with Gasteiger partial charge in [-0.3, -0.25) is 4.79 Å². The third-order valence-corrected chi connectivity index (χ3v) is 5.99. The van der Waals surface area contributed by atoms with E-state index in [1.54, 1.807) is 6.92 Å². The summed E-state index contributed by atoms with van der Waals surface area (Å²) in [5.41, 5.74) is 2.48. The fourth-order valence-corrected chi connectivity index (χ4v) is 4.89. The van der Waals surface area contributed by atoms with E-state index in [1.807, 2.05) is 0 Å². The Morgan fingerprint density at radius 2 is 2.04 bits per heavy atom. The first kappa shape index (κ1) is 16.9. The topological polar surface area (TPSA) is 47.6 Å². The van der Waals surface area contributed by atoms with Crippen LogP contribution in [0.25, 0.3) is 0 Å². The fourth-order valence-electron chi connectivity index (χ4n) is 4.89. The molecule has 1 aromatic rings. The lowest BCUT2D eigenvalue weighted by atomic mass is 9.76. The second kappa shape index (κ2) is 6.99. The van der Waals surface area contributed by atoms with E-state index in [2.05, 4.69) is 23.5 Å². The van der Waals surface area contributed by atoms with Gasteiger partial charge in [-0.1, -0.05) is 25.3 Å². The predicted octanol–water partition coefficient (Wildman–Crippen LogP) is 4.07. The minimum absolute atomic E-state index is 0.0549. The van der Waals surface area contributed by atoms with Crippen LogP contribution in [-0.2, 0) is 16.0 Å². The Kier molecular flexibility index (Phi) is 4.72. The van der Waals surface area contributed by atoms with Crippen LogP contribution in [0.1, 0.15) is 75.5 Å². The van der Waals surface area contributed by atoms with Crippen molar-refractivity contribution in [1.29, 1.82) is 0 Å². The maximum absolute atomic E-state index is 11.6. The molecule has 25 heavy (non-hydrogen) atoms. The molecule has 0 aromatic heterocycles. The smallest absolute Gasteiger partial charge is 0.217 e. The Morgan fingerprint density at radius 3 is 2.84 bits per heavy atom. The summed E-state index contributed by atoms with van der Waals surface area (Å²) in [4.78, 5) is 11.6. The highest BCUT2D eigenvalue weighted by atomic mass is 16.5. The molecule has 1 spiro atoms. The normalized spacial score (nSPS) is 28.0. The van der Waals surface area contributed by atoms with E-state index in [4.69, 9.17) is 9.47 Å². The van der Waals surface area contributed by atoms with Gasteiger partial charge >= 0.3 is 0 Å². The molecule has 136 valence electrons. The van der Waals surface area contributed by atoms with Crippen molar-refractivity contribution < 1.29 is 14.3 Å². The summed E-state index contributed by atoms with van der Waals surface area (Å²) in [6.07, 6.45) is 10.1. The molecular formula is C21H29NO3. The molecule has 4 nitrogen and oxygen atoms in total. The molecule has 1 saturated heterocycles. The lowest BCUT2D eigenvalue weighted by molar-refractivity contribution is -0.158. The summed E-state index contributed by atoms with van der Waals surface area (Å²) < 4.78 is 12.5. The number of ether oxygens (including phenoxy) is 2. The van der Waals surface area contributed by atoms with Crippen molar-refractivity contribution in [2.75, 3.05) is 6.61 Å². The van der Waals surface area contributed by atoms with Gasteiger partial charge in [0.15, 0.2) is 0 Å². The van der Waals surface area contributed by atoms with E-state index >= 15 is 0 Å². The average molecular weight is 343 g/mol. The van der Waals surface area contributed by atoms with Crippen molar-refractivity contribution in [3.8, 4) is 5.75 Å². The van der Waals surface area contributed by atoms with Gasteiger partial charge in [-0.05, 0) is 61.8 Å². The summed E-state index contributed by atoms with van der Waals surface area (Å²) >= 11 is 0. The highest BCUT2D eigenvalue weighted by molar-refractivity contribution is 5.73. The Morgan fingerprint density at radius 1 is 1.20 bits per heavy atom. The average Bonchev–Trinajstić information content (AvgIpc) is 2.61. The minimum Gasteiger partial charge on any atom is -0.493 e. The van der Waals surface area contributed by atoms with E-state index in [0.29, 0.717) is 0 Å². The van der Waals surface area contributed by atoms with Crippen molar-refractivity contribution in [1.82, 2.24) is 5.32 Å². The SMILES string of the molecule is CC(=O)N[C@@H]1C[C@H](c2ccc3c(c2)CCCO3)OC2(CCCCC2)C1. The van der Waals surface area contributed by atoms with Crippen LogP contribution in [0, 0.1) is 0 Å². The molecule has 0 unspecified atom stereocenters. The zero-order valence-electron chi connectivity index (χ0n) is 15.2. The zero-order chi connectivity index (χ0) is 17.3. The van der Waals surface area contributed by atoms with E-state index in [9.17, 15) is 4.79 Å². The quantitative estimate of drug-likeness (QED) is 0.880. The molecule has 2 fully saturated rings. The monoisotopic (exact) mass is 343 g/mol. The number of carbonyl (C=O) groups excluding carboxylic acids is 1. The van der Waals surface area contributed by atoms with E-state index in [-0.39, 0.29) is 23.7 Å². The van der Waals surface area contributed by atoms with Crippen molar-refractivity contribution in [3.63, 3.8) is 0 Å². The second-order valence-electron chi connectivity index (χ2n) is 8.01. The number of amides is 1. The molecule has 1 N–H and O–H groups in total. The van der Waals surface area contributed by atoms with E-state index in [0.717, 1.165) is 50.9 Å². The third kappa shape index (κ3) is 3.69. The number of aryl methyl sites for hydroxylation is 1. The van der Waals surface area contributed by atoms with Gasteiger partial charge in [0.25, 0.3) is 0 Å². The number of carbonyl (C=O) groups is 1. The van der Waals surface area contributed by atoms with Gasteiger partial charge < -0.3 is 14.8 Å². The molecule has 2 aliphatic heterocycles. The molecular weight excluding hydrogens is 314 g/mol. The van der Waals surface area contributed by atoms with Gasteiger partial charge in [0.05, 0.1) is 18.3 Å². The molecule has 4 heteroatoms. The molecule has 2 atom stereocenters. The summed E-state index contributed by atoms with van der Waals surface area (Å²) in [5, 5.41) is 3.17. The summed E-state index contributed by atoms with van der Waals surface area (Å²) in [5.74, 6) is 1.09. The molecule has 1 amide bonds. The standard InChI is InChI=1S/C21H29NO3/c1-15(23)22-18-13-20(25-21(14-18)9-3-2-4-10-21)17-7-8-19-16(12-17)6-5-11-24-19/h7-8,12,18,20H,2-6,9-11,13-14H2,1H3,(H,22,23)/t18-,20-/m1/s1. The van der Waals surface area contributed by atoms with Crippen LogP contribution in [0.5, 0.6) is 5.75 Å². The highest BCUT2D eigenvalue weighted by Gasteiger charge is 2.43. The zero-order valence-corrected chi connectivity index (χ0v) is 15.2. The first-order valence-corrected chi connectivity index (χ1v) is 9.84. The van der Waals surface area contributed by atoms with Crippen molar-refractivity contribution >= 4 is 5.91 Å². The Balaban J connectivity index is 1.59. The lowest BCUT2D eigenvalue weighted by Crippen LogP contribution is -2.50. The first-order valence-electron chi connectivity index (χ1n) is 9.84. The molecule has 4 rings (SSSR count). The van der Waals surface area contributed by atoms with E-state index in [1.165, 1.54) is 30.4 Å². The third-order valence-electron chi connectivity index (χ3n) is 5.99. The van der Waals surface area contributed by atoms with Crippen LogP contribution in [0.2, 0.25) is 0 Å². The molecule has 1 saturated carbocycles. The lowest BCUT2D eigenvalue weighted by Gasteiger charge is -2.47. The fraction of sp³-hybridized carbons (Fsp3) is 0.667. The van der Waals surface area contributed by atoms with Gasteiger partial charge in [-0.25, -0.2) is 0 Å². The van der Waals surface area contributed by atoms with Gasteiger partial charge in [0.1, 0.15) is 5.75 Å². The summed E-state index contributed by atoms with van der Waals surface area (Å²) in [6, 6.07) is 6.73. The summed E-state index contributed by atoms with van der Waals surface area (Å²) in [6.45, 7) is 2.44. The molecule has 0 bridgehead atoms. The molecule has 1 aromatic carbocycles. The largest absolute Gasteiger partial charge is 0.493 e. The number of fused-ring (bicyclic) bond motifs is 1. The number of rotatable bonds is 2. The molecule has 2 heterocycles. The van der Waals surface area contributed by atoms with Crippen molar-refractivity contribution in [2.24, 2.45) is 0 Å². The van der Waals surface area contributed by atoms with Crippen LogP contribution < -0.4 is 10.1 Å². The minimum atomic E-state index is -0.0549. The van der Waals surface area contributed by atoms with Crippen molar-refractivity contribution in [3.05, 3.63) is 29.3 Å².